The van der Waals surface area contributed by atoms with Crippen LogP contribution in [0.2, 0.25) is 5.02 Å². The van der Waals surface area contributed by atoms with Crippen LogP contribution in [0.3, 0.4) is 0 Å². The van der Waals surface area contributed by atoms with Gasteiger partial charge in [-0.05, 0) is 38.5 Å². The minimum Gasteiger partial charge on any atom is -0.462 e. The fraction of sp³-hybridized carbons (Fsp3) is 0.294. The first-order valence-corrected chi connectivity index (χ1v) is 8.88. The van der Waals surface area contributed by atoms with Crippen LogP contribution in [0.5, 0.6) is 0 Å². The number of esters is 2. The highest BCUT2D eigenvalue weighted by atomic mass is 35.5. The summed E-state index contributed by atoms with van der Waals surface area (Å²) >= 11 is 7.03. The zero-order valence-corrected chi connectivity index (χ0v) is 16.0. The van der Waals surface area contributed by atoms with E-state index < -0.39 is 24.5 Å². The topological polar surface area (TPSA) is 94.6 Å². The molecule has 0 aliphatic carbocycles. The highest BCUT2D eigenvalue weighted by Gasteiger charge is 2.22. The summed E-state index contributed by atoms with van der Waals surface area (Å²) in [6, 6.07) is 2.86. The number of nitrogens with one attached hydrogen (secondary N) is 1. The van der Waals surface area contributed by atoms with Gasteiger partial charge in [-0.15, -0.1) is 11.3 Å². The van der Waals surface area contributed by atoms with Crippen LogP contribution >= 0.6 is 22.9 Å². The number of halogens is 1. The first-order chi connectivity index (χ1) is 12.3. The number of amides is 1. The van der Waals surface area contributed by atoms with Crippen molar-refractivity contribution in [3.05, 3.63) is 45.1 Å². The molecule has 2 aromatic heterocycles. The van der Waals surface area contributed by atoms with Gasteiger partial charge in [-0.1, -0.05) is 11.6 Å². The number of ether oxygens (including phenoxy) is 2. The summed E-state index contributed by atoms with van der Waals surface area (Å²) in [7, 11) is 0. The third kappa shape index (κ3) is 4.80. The minimum absolute atomic E-state index is 0.000301. The molecule has 0 atom stereocenters. The van der Waals surface area contributed by atoms with Crippen LogP contribution < -0.4 is 5.32 Å². The number of aromatic nitrogens is 1. The number of pyridine rings is 1. The summed E-state index contributed by atoms with van der Waals surface area (Å²) in [6.45, 7) is 5.02. The summed E-state index contributed by atoms with van der Waals surface area (Å²) in [4.78, 5) is 40.8. The average Bonchev–Trinajstić information content (AvgIpc) is 2.86. The van der Waals surface area contributed by atoms with Crippen LogP contribution in [0.4, 0.5) is 5.00 Å². The molecule has 0 aliphatic rings. The summed E-state index contributed by atoms with van der Waals surface area (Å²) < 4.78 is 9.94. The number of anilines is 1. The van der Waals surface area contributed by atoms with E-state index >= 15 is 0 Å². The van der Waals surface area contributed by atoms with E-state index in [-0.39, 0.29) is 12.3 Å². The quantitative estimate of drug-likeness (QED) is 0.752. The third-order valence-corrected chi connectivity index (χ3v) is 4.74. The molecule has 0 saturated carbocycles. The van der Waals surface area contributed by atoms with Crippen molar-refractivity contribution in [2.24, 2.45) is 0 Å². The molecular weight excluding hydrogens is 380 g/mol. The van der Waals surface area contributed by atoms with Crippen LogP contribution in [0.15, 0.2) is 18.3 Å². The molecule has 0 fully saturated rings. The molecule has 1 amide bonds. The van der Waals surface area contributed by atoms with Crippen LogP contribution in [0.25, 0.3) is 0 Å². The SMILES string of the molecule is CCOC(=O)c1c(NC(=O)COC(=O)c2cc(Cl)ccn2)sc(C)c1C. The van der Waals surface area contributed by atoms with Crippen molar-refractivity contribution in [1.29, 1.82) is 0 Å². The molecule has 138 valence electrons. The molecule has 1 N–H and O–H groups in total. The Balaban J connectivity index is 2.03. The molecule has 0 saturated heterocycles. The molecule has 0 aromatic carbocycles. The van der Waals surface area contributed by atoms with E-state index in [0.717, 1.165) is 10.4 Å². The number of carbonyl (C=O) groups is 3. The third-order valence-electron chi connectivity index (χ3n) is 3.38. The molecule has 0 radical (unpaired) electrons. The van der Waals surface area contributed by atoms with Gasteiger partial charge in [-0.2, -0.15) is 0 Å². The van der Waals surface area contributed by atoms with Gasteiger partial charge < -0.3 is 14.8 Å². The van der Waals surface area contributed by atoms with Gasteiger partial charge in [0.1, 0.15) is 10.7 Å². The summed E-state index contributed by atoms with van der Waals surface area (Å²) in [6.07, 6.45) is 1.36. The Kier molecular flexibility index (Phi) is 6.70. The first kappa shape index (κ1) is 19.9. The Morgan fingerprint density at radius 1 is 1.23 bits per heavy atom. The second kappa shape index (κ2) is 8.77. The molecule has 2 heterocycles. The molecule has 0 aliphatic heterocycles. The van der Waals surface area contributed by atoms with Gasteiger partial charge in [-0.3, -0.25) is 4.79 Å². The largest absolute Gasteiger partial charge is 0.462 e. The maximum absolute atomic E-state index is 12.1. The van der Waals surface area contributed by atoms with Crippen LogP contribution in [0.1, 0.15) is 38.2 Å². The van der Waals surface area contributed by atoms with E-state index in [1.54, 1.807) is 13.8 Å². The number of thiophene rings is 1. The van der Waals surface area contributed by atoms with Crippen LogP contribution in [-0.2, 0) is 14.3 Å². The summed E-state index contributed by atoms with van der Waals surface area (Å²) in [5, 5.41) is 3.28. The van der Waals surface area contributed by atoms with Gasteiger partial charge in [0.2, 0.25) is 0 Å². The number of nitrogens with zero attached hydrogens (tertiary/aromatic N) is 1. The predicted octanol–water partition coefficient (Wildman–Crippen LogP) is 3.39. The fourth-order valence-electron chi connectivity index (χ4n) is 2.05. The van der Waals surface area contributed by atoms with Gasteiger partial charge in [-0.25, -0.2) is 14.6 Å². The lowest BCUT2D eigenvalue weighted by Crippen LogP contribution is -2.22. The fourth-order valence-corrected chi connectivity index (χ4v) is 3.27. The van der Waals surface area contributed by atoms with Crippen LogP contribution in [0, 0.1) is 13.8 Å². The molecular formula is C17H17ClN2O5S. The van der Waals surface area contributed by atoms with E-state index in [1.165, 1.54) is 29.7 Å². The lowest BCUT2D eigenvalue weighted by molar-refractivity contribution is -0.119. The summed E-state index contributed by atoms with van der Waals surface area (Å²) in [5.74, 6) is -1.86. The van der Waals surface area contributed by atoms with Gasteiger partial charge in [0, 0.05) is 16.1 Å². The van der Waals surface area contributed by atoms with Crippen molar-refractivity contribution < 1.29 is 23.9 Å². The summed E-state index contributed by atoms with van der Waals surface area (Å²) in [5.41, 5.74) is 1.05. The standard InChI is InChI=1S/C17H17ClN2O5S/c1-4-24-17(23)14-9(2)10(3)26-15(14)20-13(21)8-25-16(22)12-7-11(18)5-6-19-12/h5-7H,4,8H2,1-3H3,(H,20,21). The second-order valence-corrected chi connectivity index (χ2v) is 6.85. The molecule has 7 nitrogen and oxygen atoms in total. The van der Waals surface area contributed by atoms with E-state index in [9.17, 15) is 14.4 Å². The maximum atomic E-state index is 12.1. The van der Waals surface area contributed by atoms with Crippen molar-refractivity contribution in [1.82, 2.24) is 4.98 Å². The van der Waals surface area contributed by atoms with Crippen molar-refractivity contribution in [2.75, 3.05) is 18.5 Å². The zero-order chi connectivity index (χ0) is 19.3. The van der Waals surface area contributed by atoms with E-state index in [0.29, 0.717) is 15.6 Å². The van der Waals surface area contributed by atoms with Crippen LogP contribution in [-0.4, -0.2) is 36.0 Å². The number of carbonyl (C=O) groups excluding carboxylic acids is 3. The Bertz CT molecular complexity index is 850. The molecule has 2 rings (SSSR count). The van der Waals surface area contributed by atoms with Gasteiger partial charge in [0.05, 0.1) is 12.2 Å². The number of rotatable bonds is 6. The molecule has 0 spiro atoms. The highest BCUT2D eigenvalue weighted by molar-refractivity contribution is 7.16. The van der Waals surface area contributed by atoms with E-state index in [2.05, 4.69) is 10.3 Å². The van der Waals surface area contributed by atoms with Gasteiger partial charge in [0.25, 0.3) is 5.91 Å². The Hall–Kier alpha value is -2.45. The smallest absolute Gasteiger partial charge is 0.357 e. The maximum Gasteiger partial charge on any atom is 0.357 e. The first-order valence-electron chi connectivity index (χ1n) is 7.69. The molecule has 0 bridgehead atoms. The number of aryl methyl sites for hydroxylation is 1. The molecule has 2 aromatic rings. The van der Waals surface area contributed by atoms with E-state index in [1.807, 2.05) is 6.92 Å². The molecule has 26 heavy (non-hydrogen) atoms. The van der Waals surface area contributed by atoms with Crippen molar-refractivity contribution in [2.45, 2.75) is 20.8 Å². The predicted molar refractivity (Wildman–Crippen MR) is 97.9 cm³/mol. The zero-order valence-electron chi connectivity index (χ0n) is 14.4. The van der Waals surface area contributed by atoms with Gasteiger partial charge >= 0.3 is 11.9 Å². The lowest BCUT2D eigenvalue weighted by Gasteiger charge is -2.08. The van der Waals surface area contributed by atoms with Crippen molar-refractivity contribution in [3.8, 4) is 0 Å². The van der Waals surface area contributed by atoms with Crippen molar-refractivity contribution >= 4 is 45.8 Å². The average molecular weight is 397 g/mol. The second-order valence-electron chi connectivity index (χ2n) is 5.19. The molecule has 9 heteroatoms. The molecule has 0 unspecified atom stereocenters. The Labute approximate surface area is 159 Å². The van der Waals surface area contributed by atoms with Crippen molar-refractivity contribution in [3.63, 3.8) is 0 Å². The number of hydrogen-bond acceptors (Lipinski definition) is 7. The Morgan fingerprint density at radius 3 is 2.62 bits per heavy atom. The Morgan fingerprint density at radius 2 is 1.96 bits per heavy atom. The van der Waals surface area contributed by atoms with E-state index in [4.69, 9.17) is 21.1 Å². The lowest BCUT2D eigenvalue weighted by atomic mass is 10.1. The van der Waals surface area contributed by atoms with Gasteiger partial charge in [0.15, 0.2) is 6.61 Å². The normalized spacial score (nSPS) is 10.3. The highest BCUT2D eigenvalue weighted by Crippen LogP contribution is 2.33. The number of hydrogen-bond donors (Lipinski definition) is 1. The monoisotopic (exact) mass is 396 g/mol. The minimum atomic E-state index is -0.771.